The summed E-state index contributed by atoms with van der Waals surface area (Å²) in [4.78, 5) is 0.314. The predicted molar refractivity (Wildman–Crippen MR) is 69.6 cm³/mol. The van der Waals surface area contributed by atoms with Crippen molar-refractivity contribution in [2.45, 2.75) is 24.8 Å². The summed E-state index contributed by atoms with van der Waals surface area (Å²) in [7, 11) is -3.47. The van der Waals surface area contributed by atoms with Crippen LogP contribution in [-0.4, -0.2) is 31.9 Å². The fraction of sp³-hybridized carbons (Fsp3) is 0.385. The van der Waals surface area contributed by atoms with E-state index in [-0.39, 0.29) is 12.6 Å². The van der Waals surface area contributed by atoms with E-state index in [4.69, 9.17) is 4.74 Å². The van der Waals surface area contributed by atoms with Crippen molar-refractivity contribution in [2.75, 3.05) is 13.2 Å². The third kappa shape index (κ3) is 2.42. The van der Waals surface area contributed by atoms with Crippen LogP contribution in [0.15, 0.2) is 41.5 Å². The quantitative estimate of drug-likeness (QED) is 0.822. The van der Waals surface area contributed by atoms with E-state index in [1.807, 2.05) is 13.8 Å². The SMILES string of the molecule is C=C1CN(S(=O)(=O)c2ccc(C)cc2)[C@@H](C)CO1. The first kappa shape index (κ1) is 13.1. The summed E-state index contributed by atoms with van der Waals surface area (Å²) in [5.74, 6) is 0.490. The molecule has 0 saturated carbocycles. The van der Waals surface area contributed by atoms with Gasteiger partial charge in [-0.25, -0.2) is 8.42 Å². The van der Waals surface area contributed by atoms with Gasteiger partial charge in [-0.3, -0.25) is 0 Å². The molecule has 0 radical (unpaired) electrons. The van der Waals surface area contributed by atoms with Gasteiger partial charge in [0.15, 0.2) is 0 Å². The minimum absolute atomic E-state index is 0.179. The molecule has 1 aliphatic heterocycles. The van der Waals surface area contributed by atoms with E-state index < -0.39 is 10.0 Å². The Kier molecular flexibility index (Phi) is 3.45. The summed E-state index contributed by atoms with van der Waals surface area (Å²) in [6, 6.07) is 6.69. The van der Waals surface area contributed by atoms with Crippen LogP contribution in [0, 0.1) is 6.92 Å². The molecule has 98 valence electrons. The monoisotopic (exact) mass is 267 g/mol. The molecule has 2 rings (SSSR count). The maximum Gasteiger partial charge on any atom is 0.243 e. The number of aryl methyl sites for hydroxylation is 1. The Labute approximate surface area is 108 Å². The molecule has 0 spiro atoms. The van der Waals surface area contributed by atoms with Crippen LogP contribution < -0.4 is 0 Å². The Hall–Kier alpha value is -1.33. The van der Waals surface area contributed by atoms with Crippen LogP contribution in [0.5, 0.6) is 0 Å². The van der Waals surface area contributed by atoms with Gasteiger partial charge in [-0.05, 0) is 26.0 Å². The molecule has 1 saturated heterocycles. The van der Waals surface area contributed by atoms with Crippen molar-refractivity contribution in [1.29, 1.82) is 0 Å². The van der Waals surface area contributed by atoms with Gasteiger partial charge in [-0.2, -0.15) is 4.31 Å². The van der Waals surface area contributed by atoms with Gasteiger partial charge in [0.25, 0.3) is 0 Å². The van der Waals surface area contributed by atoms with Crippen molar-refractivity contribution in [2.24, 2.45) is 0 Å². The molecule has 0 unspecified atom stereocenters. The second-order valence-corrected chi connectivity index (χ2v) is 6.45. The lowest BCUT2D eigenvalue weighted by molar-refractivity contribution is 0.0970. The summed E-state index contributed by atoms with van der Waals surface area (Å²) in [6.45, 7) is 8.02. The number of hydrogen-bond donors (Lipinski definition) is 0. The van der Waals surface area contributed by atoms with Gasteiger partial charge >= 0.3 is 0 Å². The zero-order valence-corrected chi connectivity index (χ0v) is 11.4. The first-order chi connectivity index (χ1) is 8.41. The topological polar surface area (TPSA) is 46.6 Å². The number of hydrogen-bond acceptors (Lipinski definition) is 3. The molecule has 1 aliphatic rings. The lowest BCUT2D eigenvalue weighted by Crippen LogP contribution is -2.45. The Morgan fingerprint density at radius 3 is 2.56 bits per heavy atom. The highest BCUT2D eigenvalue weighted by Crippen LogP contribution is 2.23. The van der Waals surface area contributed by atoms with Crippen LogP contribution >= 0.6 is 0 Å². The average molecular weight is 267 g/mol. The van der Waals surface area contributed by atoms with Crippen LogP contribution in [-0.2, 0) is 14.8 Å². The van der Waals surface area contributed by atoms with Gasteiger partial charge < -0.3 is 4.74 Å². The van der Waals surface area contributed by atoms with Crippen LogP contribution in [0.1, 0.15) is 12.5 Å². The van der Waals surface area contributed by atoms with Crippen LogP contribution in [0.3, 0.4) is 0 Å². The number of sulfonamides is 1. The normalized spacial score (nSPS) is 21.7. The Morgan fingerprint density at radius 2 is 1.94 bits per heavy atom. The van der Waals surface area contributed by atoms with E-state index in [0.717, 1.165) is 5.56 Å². The van der Waals surface area contributed by atoms with Crippen molar-refractivity contribution in [3.05, 3.63) is 42.2 Å². The fourth-order valence-corrected chi connectivity index (χ4v) is 3.46. The molecule has 0 N–H and O–H groups in total. The highest BCUT2D eigenvalue weighted by Gasteiger charge is 2.33. The predicted octanol–water partition coefficient (Wildman–Crippen LogP) is 1.92. The molecule has 0 aliphatic carbocycles. The number of benzene rings is 1. The Balaban J connectivity index is 2.35. The van der Waals surface area contributed by atoms with Gasteiger partial charge in [0.05, 0.1) is 17.5 Å². The van der Waals surface area contributed by atoms with Crippen LogP contribution in [0.2, 0.25) is 0 Å². The molecule has 0 amide bonds. The summed E-state index contributed by atoms with van der Waals surface area (Å²) >= 11 is 0. The van der Waals surface area contributed by atoms with Crippen molar-refractivity contribution in [3.8, 4) is 0 Å². The summed E-state index contributed by atoms with van der Waals surface area (Å²) < 4.78 is 31.7. The van der Waals surface area contributed by atoms with E-state index in [9.17, 15) is 8.42 Å². The number of ether oxygens (including phenoxy) is 1. The largest absolute Gasteiger partial charge is 0.495 e. The summed E-state index contributed by atoms with van der Waals surface area (Å²) in [5.41, 5.74) is 1.04. The molecule has 18 heavy (non-hydrogen) atoms. The van der Waals surface area contributed by atoms with Crippen molar-refractivity contribution in [1.82, 2.24) is 4.31 Å². The Bertz CT molecular complexity index is 548. The van der Waals surface area contributed by atoms with Gasteiger partial charge in [0.1, 0.15) is 12.4 Å². The second kappa shape index (κ2) is 4.74. The van der Waals surface area contributed by atoms with Crippen molar-refractivity contribution >= 4 is 10.0 Å². The molecule has 1 aromatic carbocycles. The van der Waals surface area contributed by atoms with E-state index in [2.05, 4.69) is 6.58 Å². The fourth-order valence-electron chi connectivity index (χ4n) is 1.86. The number of morpholine rings is 1. The molecular formula is C13H17NO3S. The second-order valence-electron chi connectivity index (χ2n) is 4.56. The highest BCUT2D eigenvalue weighted by atomic mass is 32.2. The van der Waals surface area contributed by atoms with Crippen molar-refractivity contribution in [3.63, 3.8) is 0 Å². The first-order valence-electron chi connectivity index (χ1n) is 5.80. The third-order valence-electron chi connectivity index (χ3n) is 2.98. The minimum Gasteiger partial charge on any atom is -0.495 e. The molecule has 1 fully saturated rings. The molecule has 0 aromatic heterocycles. The smallest absolute Gasteiger partial charge is 0.243 e. The molecule has 1 aromatic rings. The molecule has 1 atom stereocenters. The maximum atomic E-state index is 12.5. The molecule has 4 nitrogen and oxygen atoms in total. The lowest BCUT2D eigenvalue weighted by Gasteiger charge is -2.33. The zero-order valence-electron chi connectivity index (χ0n) is 10.6. The Morgan fingerprint density at radius 1 is 1.33 bits per heavy atom. The molecule has 5 heteroatoms. The standard InChI is InChI=1S/C13H17NO3S/c1-10-4-6-13(7-5-10)18(15,16)14-8-12(3)17-9-11(14)2/h4-7,11H,3,8-9H2,1-2H3/t11-/m0/s1. The minimum atomic E-state index is -3.47. The van der Waals surface area contributed by atoms with Gasteiger partial charge in [0, 0.05) is 0 Å². The van der Waals surface area contributed by atoms with Gasteiger partial charge in [-0.15, -0.1) is 0 Å². The van der Waals surface area contributed by atoms with E-state index >= 15 is 0 Å². The number of rotatable bonds is 2. The maximum absolute atomic E-state index is 12.5. The van der Waals surface area contributed by atoms with Gasteiger partial charge in [-0.1, -0.05) is 24.3 Å². The number of nitrogens with zero attached hydrogens (tertiary/aromatic N) is 1. The summed E-state index contributed by atoms with van der Waals surface area (Å²) in [6.07, 6.45) is 0. The van der Waals surface area contributed by atoms with E-state index in [1.165, 1.54) is 4.31 Å². The van der Waals surface area contributed by atoms with Crippen LogP contribution in [0.4, 0.5) is 0 Å². The molecule has 0 bridgehead atoms. The van der Waals surface area contributed by atoms with E-state index in [1.54, 1.807) is 24.3 Å². The van der Waals surface area contributed by atoms with Gasteiger partial charge in [0.2, 0.25) is 10.0 Å². The average Bonchev–Trinajstić information content (AvgIpc) is 2.32. The van der Waals surface area contributed by atoms with Crippen LogP contribution in [0.25, 0.3) is 0 Å². The highest BCUT2D eigenvalue weighted by molar-refractivity contribution is 7.89. The molecular weight excluding hydrogens is 250 g/mol. The molecule has 1 heterocycles. The van der Waals surface area contributed by atoms with Crippen molar-refractivity contribution < 1.29 is 13.2 Å². The zero-order chi connectivity index (χ0) is 13.3. The van der Waals surface area contributed by atoms with E-state index in [0.29, 0.717) is 17.3 Å². The lowest BCUT2D eigenvalue weighted by atomic mass is 10.2. The third-order valence-corrected chi connectivity index (χ3v) is 4.95. The first-order valence-corrected chi connectivity index (χ1v) is 7.24. The summed E-state index contributed by atoms with van der Waals surface area (Å²) in [5, 5.41) is 0.